The Morgan fingerprint density at radius 3 is 2.57 bits per heavy atom. The van der Waals surface area contributed by atoms with E-state index >= 15 is 0 Å². The number of carbonyl (C=O) groups is 1. The third-order valence-corrected chi connectivity index (χ3v) is 9.34. The van der Waals surface area contributed by atoms with Crippen molar-refractivity contribution in [3.05, 3.63) is 114 Å². The fraction of sp³-hybridized carbons (Fsp3) is 0.344. The van der Waals surface area contributed by atoms with Crippen LogP contribution in [-0.4, -0.2) is 68.4 Å². The molecule has 2 N–H and O–H groups in total. The number of fused-ring (bicyclic) bond motifs is 1. The first-order valence-electron chi connectivity index (χ1n) is 13.9. The van der Waals surface area contributed by atoms with Crippen molar-refractivity contribution in [3.63, 3.8) is 0 Å². The predicted octanol–water partition coefficient (Wildman–Crippen LogP) is 3.68. The molecule has 42 heavy (non-hydrogen) atoms. The molecule has 0 aliphatic carbocycles. The van der Waals surface area contributed by atoms with Gasteiger partial charge in [-0.3, -0.25) is 4.79 Å². The molecule has 0 bridgehead atoms. The number of aliphatic hydroxyl groups excluding tert-OH is 1. The molecular weight excluding hydrogens is 559 g/mol. The van der Waals surface area contributed by atoms with E-state index in [1.165, 1.54) is 30.3 Å². The van der Waals surface area contributed by atoms with Gasteiger partial charge in [0, 0.05) is 13.0 Å². The summed E-state index contributed by atoms with van der Waals surface area (Å²) in [6, 6.07) is 19.2. The number of nitrogens with one attached hydrogen (secondary N) is 1. The number of carbonyl (C=O) groups excluding carboxylic acids is 1. The predicted molar refractivity (Wildman–Crippen MR) is 156 cm³/mol. The first kappa shape index (κ1) is 30.1. The summed E-state index contributed by atoms with van der Waals surface area (Å²) in [4.78, 5) is 15.9. The van der Waals surface area contributed by atoms with Crippen LogP contribution in [0.25, 0.3) is 0 Å². The van der Waals surface area contributed by atoms with Crippen LogP contribution in [0.4, 0.5) is 4.39 Å². The van der Waals surface area contributed by atoms with Gasteiger partial charge in [0.05, 0.1) is 42.4 Å². The van der Waals surface area contributed by atoms with Crippen LogP contribution in [0.1, 0.15) is 34.7 Å². The SMILES string of the molecule is C=C[C@H](CO)O[C@H]1CO[C@@H](C(=O)N2CCc3ccccc3[C@@H]2c2ccc(F)cc2)C[C@@H]1NS(=O)(=O)c1ccc(C)cc1. The van der Waals surface area contributed by atoms with E-state index in [1.807, 2.05) is 31.2 Å². The zero-order valence-corrected chi connectivity index (χ0v) is 24.2. The molecule has 0 unspecified atom stereocenters. The van der Waals surface area contributed by atoms with Gasteiger partial charge in [0.15, 0.2) is 0 Å². The Balaban J connectivity index is 1.43. The lowest BCUT2D eigenvalue weighted by molar-refractivity contribution is -0.161. The summed E-state index contributed by atoms with van der Waals surface area (Å²) < 4.78 is 55.2. The molecule has 2 aliphatic rings. The molecule has 0 saturated carbocycles. The Morgan fingerprint density at radius 1 is 1.17 bits per heavy atom. The third kappa shape index (κ3) is 6.48. The summed E-state index contributed by atoms with van der Waals surface area (Å²) >= 11 is 0. The van der Waals surface area contributed by atoms with Crippen LogP contribution >= 0.6 is 0 Å². The molecular formula is C32H35FN2O6S. The smallest absolute Gasteiger partial charge is 0.252 e. The van der Waals surface area contributed by atoms with Crippen molar-refractivity contribution in [2.75, 3.05) is 19.8 Å². The third-order valence-electron chi connectivity index (χ3n) is 7.84. The number of sulfonamides is 1. The van der Waals surface area contributed by atoms with Gasteiger partial charge in [0.1, 0.15) is 11.9 Å². The maximum Gasteiger partial charge on any atom is 0.252 e. The molecule has 3 aromatic rings. The van der Waals surface area contributed by atoms with Gasteiger partial charge in [-0.1, -0.05) is 60.2 Å². The lowest BCUT2D eigenvalue weighted by Gasteiger charge is -2.42. The normalized spacial score (nSPS) is 23.2. The molecule has 222 valence electrons. The number of amides is 1. The summed E-state index contributed by atoms with van der Waals surface area (Å²) in [5.41, 5.74) is 3.75. The molecule has 1 amide bonds. The second-order valence-electron chi connectivity index (χ2n) is 10.7. The standard InChI is InChI=1S/C32H35FN2O6S/c1-3-25(19-36)41-30-20-40-29(18-28(30)34-42(38,39)26-14-8-21(2)9-15-26)32(37)35-17-16-22-6-4-5-7-27(22)31(35)23-10-12-24(33)13-11-23/h3-15,25,28-31,34,36H,1,16-20H2,2H3/t25-,28+,29-,30+,31+/m1/s1. The van der Waals surface area contributed by atoms with Crippen molar-refractivity contribution in [2.24, 2.45) is 0 Å². The average Bonchev–Trinajstić information content (AvgIpc) is 3.00. The van der Waals surface area contributed by atoms with Crippen LogP contribution in [-0.2, 0) is 30.7 Å². The summed E-state index contributed by atoms with van der Waals surface area (Å²) in [6.07, 6.45) is -0.392. The largest absolute Gasteiger partial charge is 0.393 e. The van der Waals surface area contributed by atoms with E-state index in [9.17, 15) is 22.7 Å². The van der Waals surface area contributed by atoms with Crippen LogP contribution in [0.5, 0.6) is 0 Å². The summed E-state index contributed by atoms with van der Waals surface area (Å²) in [5, 5.41) is 9.66. The van der Waals surface area contributed by atoms with Crippen molar-refractivity contribution in [1.82, 2.24) is 9.62 Å². The number of aliphatic hydroxyl groups is 1. The van der Waals surface area contributed by atoms with Crippen molar-refractivity contribution >= 4 is 15.9 Å². The molecule has 1 fully saturated rings. The van der Waals surface area contributed by atoms with E-state index < -0.39 is 40.4 Å². The highest BCUT2D eigenvalue weighted by atomic mass is 32.2. The van der Waals surface area contributed by atoms with E-state index in [0.717, 1.165) is 22.3 Å². The van der Waals surface area contributed by atoms with Gasteiger partial charge < -0.3 is 19.5 Å². The quantitative estimate of drug-likeness (QED) is 0.367. The number of ether oxygens (including phenoxy) is 2. The van der Waals surface area contributed by atoms with Crippen LogP contribution in [0.3, 0.4) is 0 Å². The van der Waals surface area contributed by atoms with Crippen LogP contribution in [0.15, 0.2) is 90.3 Å². The Labute approximate surface area is 245 Å². The molecule has 5 rings (SSSR count). The number of hydrogen-bond acceptors (Lipinski definition) is 6. The number of nitrogens with zero attached hydrogens (tertiary/aromatic N) is 1. The maximum atomic E-state index is 14.1. The number of rotatable bonds is 9. The highest BCUT2D eigenvalue weighted by Gasteiger charge is 2.42. The van der Waals surface area contributed by atoms with Crippen molar-refractivity contribution in [2.45, 2.75) is 55.1 Å². The minimum atomic E-state index is -3.96. The Morgan fingerprint density at radius 2 is 1.88 bits per heavy atom. The van der Waals surface area contributed by atoms with Crippen molar-refractivity contribution in [1.29, 1.82) is 0 Å². The van der Waals surface area contributed by atoms with Gasteiger partial charge in [-0.05, 0) is 54.3 Å². The topological polar surface area (TPSA) is 105 Å². The number of hydrogen-bond donors (Lipinski definition) is 2. The van der Waals surface area contributed by atoms with Gasteiger partial charge >= 0.3 is 0 Å². The van der Waals surface area contributed by atoms with E-state index in [1.54, 1.807) is 29.2 Å². The van der Waals surface area contributed by atoms with Crippen LogP contribution < -0.4 is 4.72 Å². The van der Waals surface area contributed by atoms with Gasteiger partial charge in [-0.25, -0.2) is 17.5 Å². The Bertz CT molecular complexity index is 1510. The van der Waals surface area contributed by atoms with Crippen molar-refractivity contribution in [3.8, 4) is 0 Å². The molecule has 10 heteroatoms. The van der Waals surface area contributed by atoms with Gasteiger partial charge in [0.25, 0.3) is 5.91 Å². The second-order valence-corrected chi connectivity index (χ2v) is 12.4. The van der Waals surface area contributed by atoms with Gasteiger partial charge in [0.2, 0.25) is 10.0 Å². The fourth-order valence-corrected chi connectivity index (χ4v) is 6.86. The molecule has 0 radical (unpaired) electrons. The average molecular weight is 595 g/mol. The maximum absolute atomic E-state index is 14.1. The minimum absolute atomic E-state index is 0.0121. The fourth-order valence-electron chi connectivity index (χ4n) is 5.58. The molecule has 2 aliphatic heterocycles. The molecule has 0 aromatic heterocycles. The summed E-state index contributed by atoms with van der Waals surface area (Å²) in [6.45, 7) is 5.54. The zero-order valence-electron chi connectivity index (χ0n) is 23.4. The lowest BCUT2D eigenvalue weighted by Crippen LogP contribution is -2.57. The van der Waals surface area contributed by atoms with Gasteiger partial charge in [-0.15, -0.1) is 6.58 Å². The van der Waals surface area contributed by atoms with E-state index in [-0.39, 0.29) is 36.3 Å². The second kappa shape index (κ2) is 12.8. The molecule has 2 heterocycles. The molecule has 0 spiro atoms. The van der Waals surface area contributed by atoms with Crippen molar-refractivity contribution < 1.29 is 32.2 Å². The van der Waals surface area contributed by atoms with Crippen LogP contribution in [0.2, 0.25) is 0 Å². The number of benzene rings is 3. The van der Waals surface area contributed by atoms with Crippen LogP contribution in [0, 0.1) is 12.7 Å². The summed E-state index contributed by atoms with van der Waals surface area (Å²) in [7, 11) is -3.96. The Kier molecular flexibility index (Phi) is 9.19. The van der Waals surface area contributed by atoms with E-state index in [0.29, 0.717) is 13.0 Å². The minimum Gasteiger partial charge on any atom is -0.393 e. The van der Waals surface area contributed by atoms with E-state index in [4.69, 9.17) is 9.47 Å². The Hall–Kier alpha value is -3.41. The van der Waals surface area contributed by atoms with E-state index in [2.05, 4.69) is 11.3 Å². The molecule has 1 saturated heterocycles. The first-order chi connectivity index (χ1) is 20.2. The molecule has 8 nitrogen and oxygen atoms in total. The first-order valence-corrected chi connectivity index (χ1v) is 15.4. The number of aryl methyl sites for hydroxylation is 1. The lowest BCUT2D eigenvalue weighted by atomic mass is 9.87. The number of halogens is 1. The zero-order chi connectivity index (χ0) is 29.9. The van der Waals surface area contributed by atoms with Gasteiger partial charge in [-0.2, -0.15) is 0 Å². The summed E-state index contributed by atoms with van der Waals surface area (Å²) in [5.74, 6) is -0.661. The molecule has 3 aromatic carbocycles. The monoisotopic (exact) mass is 594 g/mol. The highest BCUT2D eigenvalue weighted by molar-refractivity contribution is 7.89. The highest BCUT2D eigenvalue weighted by Crippen LogP contribution is 2.36. The molecule has 5 atom stereocenters.